The summed E-state index contributed by atoms with van der Waals surface area (Å²) in [6, 6.07) is 9.67. The van der Waals surface area contributed by atoms with E-state index in [0.717, 1.165) is 4.47 Å². The maximum atomic E-state index is 14.0. The van der Waals surface area contributed by atoms with E-state index in [1.807, 2.05) is 0 Å². The number of hydrogen-bond donors (Lipinski definition) is 0. The summed E-state index contributed by atoms with van der Waals surface area (Å²) in [5.41, 5.74) is 0.655. The summed E-state index contributed by atoms with van der Waals surface area (Å²) < 4.78 is 20.8. The summed E-state index contributed by atoms with van der Waals surface area (Å²) in [6.45, 7) is 0. The van der Waals surface area contributed by atoms with E-state index in [1.54, 1.807) is 30.3 Å². The Labute approximate surface area is 130 Å². The van der Waals surface area contributed by atoms with Gasteiger partial charge in [-0.1, -0.05) is 37.9 Å². The minimum Gasteiger partial charge on any atom is -0.463 e. The standard InChI is InChI=1S/C15H7Br2FO2/c16-8-1-3-10(13(18)5-8)12-7-20-14-6-9(17)2-4-11(14)15(12)19/h1-7H. The van der Waals surface area contributed by atoms with Crippen LogP contribution in [0.1, 0.15) is 0 Å². The Morgan fingerprint density at radius 1 is 0.950 bits per heavy atom. The van der Waals surface area contributed by atoms with Crippen LogP contribution < -0.4 is 5.43 Å². The maximum Gasteiger partial charge on any atom is 0.200 e. The number of halogens is 3. The number of rotatable bonds is 1. The molecule has 1 aromatic heterocycles. The Balaban J connectivity index is 2.30. The van der Waals surface area contributed by atoms with Crippen LogP contribution in [0.5, 0.6) is 0 Å². The van der Waals surface area contributed by atoms with Crippen LogP contribution in [-0.2, 0) is 0 Å². The second-order valence-electron chi connectivity index (χ2n) is 4.24. The van der Waals surface area contributed by atoms with Crippen LogP contribution in [0.2, 0.25) is 0 Å². The fourth-order valence-electron chi connectivity index (χ4n) is 2.00. The van der Waals surface area contributed by atoms with Crippen molar-refractivity contribution in [2.75, 3.05) is 0 Å². The molecule has 0 saturated carbocycles. The fourth-order valence-corrected chi connectivity index (χ4v) is 2.67. The van der Waals surface area contributed by atoms with Crippen LogP contribution in [0.15, 0.2) is 60.8 Å². The molecule has 0 N–H and O–H groups in total. The lowest BCUT2D eigenvalue weighted by Crippen LogP contribution is -2.05. The Kier molecular flexibility index (Phi) is 3.48. The Hall–Kier alpha value is -1.46. The van der Waals surface area contributed by atoms with Crippen molar-refractivity contribution in [3.63, 3.8) is 0 Å². The van der Waals surface area contributed by atoms with E-state index in [-0.39, 0.29) is 16.6 Å². The molecule has 0 spiro atoms. The second-order valence-corrected chi connectivity index (χ2v) is 6.07. The van der Waals surface area contributed by atoms with Crippen molar-refractivity contribution < 1.29 is 8.81 Å². The first-order valence-electron chi connectivity index (χ1n) is 5.73. The lowest BCUT2D eigenvalue weighted by Gasteiger charge is -2.04. The predicted octanol–water partition coefficient (Wildman–Crippen LogP) is 5.12. The van der Waals surface area contributed by atoms with E-state index in [1.165, 1.54) is 12.3 Å². The highest BCUT2D eigenvalue weighted by Gasteiger charge is 2.13. The van der Waals surface area contributed by atoms with E-state index < -0.39 is 5.82 Å². The van der Waals surface area contributed by atoms with Crippen molar-refractivity contribution in [1.82, 2.24) is 0 Å². The van der Waals surface area contributed by atoms with Gasteiger partial charge in [-0.15, -0.1) is 0 Å². The summed E-state index contributed by atoms with van der Waals surface area (Å²) in [7, 11) is 0. The Morgan fingerprint density at radius 2 is 1.65 bits per heavy atom. The summed E-state index contributed by atoms with van der Waals surface area (Å²) in [6.07, 6.45) is 1.30. The highest BCUT2D eigenvalue weighted by Crippen LogP contribution is 2.26. The molecule has 5 heteroatoms. The van der Waals surface area contributed by atoms with Crippen LogP contribution >= 0.6 is 31.9 Å². The molecule has 2 nitrogen and oxygen atoms in total. The van der Waals surface area contributed by atoms with Gasteiger partial charge in [-0.2, -0.15) is 0 Å². The monoisotopic (exact) mass is 396 g/mol. The third-order valence-electron chi connectivity index (χ3n) is 2.96. The molecule has 0 bridgehead atoms. The normalized spacial score (nSPS) is 10.9. The van der Waals surface area contributed by atoms with Crippen LogP contribution in [0.3, 0.4) is 0 Å². The van der Waals surface area contributed by atoms with Crippen LogP contribution in [0.25, 0.3) is 22.1 Å². The molecular weight excluding hydrogens is 391 g/mol. The molecule has 0 saturated heterocycles. The third-order valence-corrected chi connectivity index (χ3v) is 3.94. The van der Waals surface area contributed by atoms with Gasteiger partial charge in [0.15, 0.2) is 0 Å². The average Bonchev–Trinajstić information content (AvgIpc) is 2.40. The molecule has 2 aromatic carbocycles. The summed E-state index contributed by atoms with van der Waals surface area (Å²) in [4.78, 5) is 12.4. The molecule has 0 fully saturated rings. The van der Waals surface area contributed by atoms with E-state index in [4.69, 9.17) is 4.42 Å². The number of benzene rings is 2. The fraction of sp³-hybridized carbons (Fsp3) is 0. The van der Waals surface area contributed by atoms with Gasteiger partial charge in [-0.3, -0.25) is 4.79 Å². The molecule has 0 aliphatic carbocycles. The Bertz CT molecular complexity index is 871. The van der Waals surface area contributed by atoms with Gasteiger partial charge < -0.3 is 4.42 Å². The largest absolute Gasteiger partial charge is 0.463 e. The van der Waals surface area contributed by atoms with Gasteiger partial charge in [0.1, 0.15) is 17.7 Å². The first-order valence-corrected chi connectivity index (χ1v) is 7.31. The molecular formula is C15H7Br2FO2. The van der Waals surface area contributed by atoms with Crippen molar-refractivity contribution in [2.24, 2.45) is 0 Å². The molecule has 0 aliphatic rings. The predicted molar refractivity (Wildman–Crippen MR) is 83.3 cm³/mol. The van der Waals surface area contributed by atoms with Crippen LogP contribution in [0.4, 0.5) is 4.39 Å². The molecule has 0 radical (unpaired) electrons. The number of fused-ring (bicyclic) bond motifs is 1. The molecule has 3 aromatic rings. The molecule has 0 aliphatic heterocycles. The molecule has 100 valence electrons. The first kappa shape index (κ1) is 13.5. The summed E-state index contributed by atoms with van der Waals surface area (Å²) >= 11 is 6.50. The minimum absolute atomic E-state index is 0.213. The SMILES string of the molecule is O=c1c(-c2ccc(Br)cc2F)coc2cc(Br)ccc12. The van der Waals surface area contributed by atoms with Crippen molar-refractivity contribution in [3.05, 3.63) is 67.6 Å². The highest BCUT2D eigenvalue weighted by molar-refractivity contribution is 9.10. The molecule has 0 amide bonds. The molecule has 20 heavy (non-hydrogen) atoms. The minimum atomic E-state index is -0.469. The van der Waals surface area contributed by atoms with E-state index in [2.05, 4.69) is 31.9 Å². The van der Waals surface area contributed by atoms with Gasteiger partial charge in [-0.05, 0) is 30.3 Å². The van der Waals surface area contributed by atoms with Gasteiger partial charge in [0, 0.05) is 14.5 Å². The topological polar surface area (TPSA) is 30.2 Å². The molecule has 0 atom stereocenters. The summed E-state index contributed by atoms with van der Waals surface area (Å²) in [5.74, 6) is -0.469. The zero-order valence-electron chi connectivity index (χ0n) is 9.99. The van der Waals surface area contributed by atoms with Crippen LogP contribution in [-0.4, -0.2) is 0 Å². The zero-order valence-corrected chi connectivity index (χ0v) is 13.2. The first-order chi connectivity index (χ1) is 9.56. The molecule has 3 rings (SSSR count). The zero-order chi connectivity index (χ0) is 14.3. The third kappa shape index (κ3) is 2.31. The van der Waals surface area contributed by atoms with Gasteiger partial charge in [-0.25, -0.2) is 4.39 Å². The van der Waals surface area contributed by atoms with Gasteiger partial charge >= 0.3 is 0 Å². The smallest absolute Gasteiger partial charge is 0.200 e. The van der Waals surface area contributed by atoms with Crippen molar-refractivity contribution in [1.29, 1.82) is 0 Å². The quantitative estimate of drug-likeness (QED) is 0.570. The lowest BCUT2D eigenvalue weighted by atomic mass is 10.1. The molecule has 0 unspecified atom stereocenters. The van der Waals surface area contributed by atoms with E-state index in [0.29, 0.717) is 15.4 Å². The average molecular weight is 398 g/mol. The van der Waals surface area contributed by atoms with Crippen molar-refractivity contribution in [2.45, 2.75) is 0 Å². The van der Waals surface area contributed by atoms with Gasteiger partial charge in [0.25, 0.3) is 0 Å². The lowest BCUT2D eigenvalue weighted by molar-refractivity contribution is 0.600. The van der Waals surface area contributed by atoms with Gasteiger partial charge in [0.2, 0.25) is 5.43 Å². The summed E-state index contributed by atoms with van der Waals surface area (Å²) in [5, 5.41) is 0.424. The Morgan fingerprint density at radius 3 is 2.40 bits per heavy atom. The highest BCUT2D eigenvalue weighted by atomic mass is 79.9. The van der Waals surface area contributed by atoms with Crippen LogP contribution in [0, 0.1) is 5.82 Å². The van der Waals surface area contributed by atoms with E-state index >= 15 is 0 Å². The molecule has 1 heterocycles. The number of hydrogen-bond acceptors (Lipinski definition) is 2. The second kappa shape index (κ2) is 5.14. The van der Waals surface area contributed by atoms with Crippen molar-refractivity contribution >= 4 is 42.8 Å². The van der Waals surface area contributed by atoms with E-state index in [9.17, 15) is 9.18 Å². The maximum absolute atomic E-state index is 14.0. The van der Waals surface area contributed by atoms with Gasteiger partial charge in [0.05, 0.1) is 10.9 Å². The van der Waals surface area contributed by atoms with Crippen molar-refractivity contribution in [3.8, 4) is 11.1 Å².